The van der Waals surface area contributed by atoms with E-state index >= 15 is 0 Å². The van der Waals surface area contributed by atoms with Gasteiger partial charge in [-0.25, -0.2) is 0 Å². The summed E-state index contributed by atoms with van der Waals surface area (Å²) in [6, 6.07) is 9.09. The molecule has 0 saturated heterocycles. The third-order valence-electron chi connectivity index (χ3n) is 3.93. The highest BCUT2D eigenvalue weighted by atomic mass is 16.3. The number of likely N-dealkylation sites (N-methyl/N-ethyl adjacent to an activating group) is 1. The van der Waals surface area contributed by atoms with Crippen LogP contribution in [0.2, 0.25) is 0 Å². The van der Waals surface area contributed by atoms with Crippen LogP contribution in [-0.2, 0) is 11.2 Å². The molecule has 1 saturated carbocycles. The van der Waals surface area contributed by atoms with E-state index < -0.39 is 5.60 Å². The van der Waals surface area contributed by atoms with Crippen molar-refractivity contribution in [2.24, 2.45) is 0 Å². The molecule has 1 fully saturated rings. The van der Waals surface area contributed by atoms with Crippen molar-refractivity contribution in [3.63, 3.8) is 0 Å². The van der Waals surface area contributed by atoms with Gasteiger partial charge in [0.1, 0.15) is 0 Å². The zero-order valence-electron chi connectivity index (χ0n) is 11.8. The Morgan fingerprint density at radius 3 is 2.50 bits per heavy atom. The highest BCUT2D eigenvalue weighted by molar-refractivity contribution is 5.78. The largest absolute Gasteiger partial charge is 0.388 e. The maximum Gasteiger partial charge on any atom is 0.226 e. The number of rotatable bonds is 4. The van der Waals surface area contributed by atoms with Crippen LogP contribution in [0.1, 0.15) is 36.8 Å². The summed E-state index contributed by atoms with van der Waals surface area (Å²) in [6.07, 6.45) is 3.93. The quantitative estimate of drug-likeness (QED) is 0.910. The zero-order chi connectivity index (χ0) is 14.6. The first kappa shape index (κ1) is 14.5. The Morgan fingerprint density at radius 2 is 1.95 bits per heavy atom. The van der Waals surface area contributed by atoms with Gasteiger partial charge >= 0.3 is 0 Å². The fourth-order valence-electron chi connectivity index (χ4n) is 2.73. The molecule has 0 bridgehead atoms. The van der Waals surface area contributed by atoms with Crippen molar-refractivity contribution in [2.45, 2.75) is 37.7 Å². The number of nitrogens with zero attached hydrogens (tertiary/aromatic N) is 2. The lowest BCUT2D eigenvalue weighted by molar-refractivity contribution is -0.132. The maximum absolute atomic E-state index is 12.1. The van der Waals surface area contributed by atoms with Crippen LogP contribution in [0.5, 0.6) is 0 Å². The van der Waals surface area contributed by atoms with Crippen molar-refractivity contribution in [2.75, 3.05) is 13.6 Å². The number of nitriles is 1. The highest BCUT2D eigenvalue weighted by Gasteiger charge is 2.33. The summed E-state index contributed by atoms with van der Waals surface area (Å²) in [5, 5.41) is 19.0. The molecule has 0 aromatic heterocycles. The average Bonchev–Trinajstić information content (AvgIpc) is 2.86. The van der Waals surface area contributed by atoms with E-state index in [9.17, 15) is 9.90 Å². The fourth-order valence-corrected chi connectivity index (χ4v) is 2.73. The molecule has 0 unspecified atom stereocenters. The van der Waals surface area contributed by atoms with Crippen molar-refractivity contribution in [3.8, 4) is 6.07 Å². The van der Waals surface area contributed by atoms with Crippen LogP contribution in [0.3, 0.4) is 0 Å². The number of amides is 1. The molecule has 0 atom stereocenters. The summed E-state index contributed by atoms with van der Waals surface area (Å²) in [5.41, 5.74) is 0.781. The molecular formula is C16H20N2O2. The second kappa shape index (κ2) is 6.06. The molecule has 2 rings (SSSR count). The summed E-state index contributed by atoms with van der Waals surface area (Å²) in [4.78, 5) is 13.8. The molecule has 4 nitrogen and oxygen atoms in total. The van der Waals surface area contributed by atoms with Crippen LogP contribution in [0, 0.1) is 11.3 Å². The Morgan fingerprint density at radius 1 is 1.35 bits per heavy atom. The minimum absolute atomic E-state index is 0.00460. The fraction of sp³-hybridized carbons (Fsp3) is 0.500. The van der Waals surface area contributed by atoms with E-state index in [1.54, 1.807) is 36.2 Å². The first-order valence-electron chi connectivity index (χ1n) is 6.98. The van der Waals surface area contributed by atoms with Crippen LogP contribution in [0.4, 0.5) is 0 Å². The van der Waals surface area contributed by atoms with Gasteiger partial charge in [-0.05, 0) is 30.5 Å². The van der Waals surface area contributed by atoms with E-state index in [0.717, 1.165) is 31.2 Å². The molecule has 1 aliphatic rings. The van der Waals surface area contributed by atoms with Gasteiger partial charge in [0.15, 0.2) is 0 Å². The van der Waals surface area contributed by atoms with Crippen molar-refractivity contribution in [1.29, 1.82) is 5.26 Å². The van der Waals surface area contributed by atoms with Crippen molar-refractivity contribution >= 4 is 5.91 Å². The molecule has 1 aliphatic carbocycles. The van der Waals surface area contributed by atoms with E-state index in [1.165, 1.54) is 0 Å². The molecule has 1 N–H and O–H groups in total. The maximum atomic E-state index is 12.1. The summed E-state index contributed by atoms with van der Waals surface area (Å²) < 4.78 is 0. The van der Waals surface area contributed by atoms with Crippen LogP contribution < -0.4 is 0 Å². The standard InChI is InChI=1S/C16H20N2O2/c1-18(12-16(20)8-2-3-9-16)15(19)10-13-4-6-14(11-17)7-5-13/h4-7,20H,2-3,8-10,12H2,1H3. The predicted molar refractivity (Wildman–Crippen MR) is 75.9 cm³/mol. The predicted octanol–water partition coefficient (Wildman–Crippen LogP) is 1.86. The van der Waals surface area contributed by atoms with Crippen LogP contribution in [-0.4, -0.2) is 35.1 Å². The number of carbonyl (C=O) groups is 1. The molecule has 0 radical (unpaired) electrons. The second-order valence-corrected chi connectivity index (χ2v) is 5.67. The minimum Gasteiger partial charge on any atom is -0.388 e. The molecule has 1 aromatic rings. The lowest BCUT2D eigenvalue weighted by Crippen LogP contribution is -2.42. The van der Waals surface area contributed by atoms with Gasteiger partial charge < -0.3 is 10.0 Å². The van der Waals surface area contributed by atoms with Gasteiger partial charge in [-0.1, -0.05) is 25.0 Å². The monoisotopic (exact) mass is 272 g/mol. The second-order valence-electron chi connectivity index (χ2n) is 5.67. The molecule has 106 valence electrons. The number of benzene rings is 1. The first-order valence-corrected chi connectivity index (χ1v) is 6.98. The van der Waals surface area contributed by atoms with E-state index in [-0.39, 0.29) is 5.91 Å². The van der Waals surface area contributed by atoms with Gasteiger partial charge in [0, 0.05) is 13.6 Å². The topological polar surface area (TPSA) is 64.3 Å². The Hall–Kier alpha value is -1.86. The zero-order valence-corrected chi connectivity index (χ0v) is 11.8. The van der Waals surface area contributed by atoms with Crippen molar-refractivity contribution < 1.29 is 9.90 Å². The molecule has 1 amide bonds. The van der Waals surface area contributed by atoms with E-state index in [2.05, 4.69) is 6.07 Å². The molecule has 0 aliphatic heterocycles. The molecule has 0 heterocycles. The van der Waals surface area contributed by atoms with Gasteiger partial charge in [0.25, 0.3) is 0 Å². The third-order valence-corrected chi connectivity index (χ3v) is 3.93. The molecular weight excluding hydrogens is 252 g/mol. The van der Waals surface area contributed by atoms with Crippen molar-refractivity contribution in [1.82, 2.24) is 4.90 Å². The first-order chi connectivity index (χ1) is 9.52. The van der Waals surface area contributed by atoms with Gasteiger partial charge in [-0.3, -0.25) is 4.79 Å². The van der Waals surface area contributed by atoms with Gasteiger partial charge in [0.05, 0.1) is 23.7 Å². The molecule has 1 aromatic carbocycles. The summed E-state index contributed by atoms with van der Waals surface area (Å²) in [6.45, 7) is 0.405. The van der Waals surface area contributed by atoms with E-state index in [4.69, 9.17) is 5.26 Å². The summed E-state index contributed by atoms with van der Waals surface area (Å²) in [5.74, 6) is -0.00460. The lowest BCUT2D eigenvalue weighted by Gasteiger charge is -2.28. The van der Waals surface area contributed by atoms with Crippen LogP contribution in [0.25, 0.3) is 0 Å². The number of hydrogen-bond acceptors (Lipinski definition) is 3. The number of aliphatic hydroxyl groups is 1. The Bertz CT molecular complexity index is 510. The van der Waals surface area contributed by atoms with Crippen molar-refractivity contribution in [3.05, 3.63) is 35.4 Å². The smallest absolute Gasteiger partial charge is 0.226 e. The normalized spacial score (nSPS) is 16.6. The minimum atomic E-state index is -0.699. The van der Waals surface area contributed by atoms with E-state index in [1.807, 2.05) is 0 Å². The molecule has 20 heavy (non-hydrogen) atoms. The van der Waals surface area contributed by atoms with Crippen LogP contribution >= 0.6 is 0 Å². The Kier molecular flexibility index (Phi) is 4.41. The van der Waals surface area contributed by atoms with E-state index in [0.29, 0.717) is 18.5 Å². The third kappa shape index (κ3) is 3.58. The van der Waals surface area contributed by atoms with Gasteiger partial charge in [-0.15, -0.1) is 0 Å². The average molecular weight is 272 g/mol. The molecule has 4 heteroatoms. The number of hydrogen-bond donors (Lipinski definition) is 1. The summed E-state index contributed by atoms with van der Waals surface area (Å²) in [7, 11) is 1.74. The molecule has 0 spiro atoms. The van der Waals surface area contributed by atoms with Gasteiger partial charge in [-0.2, -0.15) is 5.26 Å². The SMILES string of the molecule is CN(CC1(O)CCCC1)C(=O)Cc1ccc(C#N)cc1. The Balaban J connectivity index is 1.91. The van der Waals surface area contributed by atoms with Crippen LogP contribution in [0.15, 0.2) is 24.3 Å². The Labute approximate surface area is 119 Å². The lowest BCUT2D eigenvalue weighted by atomic mass is 10.0. The van der Waals surface area contributed by atoms with Gasteiger partial charge in [0.2, 0.25) is 5.91 Å². The number of carbonyl (C=O) groups excluding carboxylic acids is 1. The highest BCUT2D eigenvalue weighted by Crippen LogP contribution is 2.30. The summed E-state index contributed by atoms with van der Waals surface area (Å²) >= 11 is 0.